The molecule has 10 rings (SSSR count). The third kappa shape index (κ3) is 4.29. The van der Waals surface area contributed by atoms with E-state index in [1.54, 1.807) is 11.3 Å². The highest BCUT2D eigenvalue weighted by Crippen LogP contribution is 2.50. The van der Waals surface area contributed by atoms with Gasteiger partial charge in [0.1, 0.15) is 5.01 Å². The van der Waals surface area contributed by atoms with E-state index in [1.807, 2.05) is 0 Å². The molecule has 2 aromatic heterocycles. The summed E-state index contributed by atoms with van der Waals surface area (Å²) in [5, 5.41) is 3.56. The molecular weight excluding hydrogens is 613 g/mol. The zero-order valence-corrected chi connectivity index (χ0v) is 28.1. The second kappa shape index (κ2) is 10.6. The van der Waals surface area contributed by atoms with E-state index in [0.717, 1.165) is 21.8 Å². The molecule has 0 atom stereocenters. The molecule has 0 saturated carbocycles. The molecule has 232 valence electrons. The number of benzene rings is 7. The molecule has 0 amide bonds. The zero-order chi connectivity index (χ0) is 32.7. The van der Waals surface area contributed by atoms with E-state index in [4.69, 9.17) is 4.98 Å². The molecule has 0 radical (unpaired) electrons. The molecule has 9 aromatic rings. The molecule has 2 nitrogen and oxygen atoms in total. The van der Waals surface area contributed by atoms with Gasteiger partial charge < -0.3 is 4.57 Å². The van der Waals surface area contributed by atoms with Gasteiger partial charge in [-0.25, -0.2) is 4.98 Å². The number of hydrogen-bond acceptors (Lipinski definition) is 2. The summed E-state index contributed by atoms with van der Waals surface area (Å²) in [4.78, 5) is 4.90. The summed E-state index contributed by atoms with van der Waals surface area (Å²) in [7, 11) is 0. The quantitative estimate of drug-likeness (QED) is 0.186. The summed E-state index contributed by atoms with van der Waals surface area (Å²) in [6.45, 7) is 4.70. The number of aromatic nitrogens is 2. The van der Waals surface area contributed by atoms with E-state index < -0.39 is 0 Å². The van der Waals surface area contributed by atoms with Crippen LogP contribution in [0, 0.1) is 0 Å². The van der Waals surface area contributed by atoms with Crippen molar-refractivity contribution in [3.8, 4) is 49.6 Å². The normalized spacial score (nSPS) is 13.3. The first kappa shape index (κ1) is 28.3. The van der Waals surface area contributed by atoms with Gasteiger partial charge in [0.05, 0.1) is 21.3 Å². The number of thiazole rings is 1. The summed E-state index contributed by atoms with van der Waals surface area (Å²) in [6, 6.07) is 57.7. The SMILES string of the molecule is CC1(C)c2ccccc2-c2ccc(-c3ccc4c(c3)c3cccc(-c5ccc(-c6nc7ccccc7s6)cc5)c3n4-c3ccccc3)cc21. The van der Waals surface area contributed by atoms with Crippen molar-refractivity contribution in [2.24, 2.45) is 0 Å². The van der Waals surface area contributed by atoms with Crippen molar-refractivity contribution in [3.05, 3.63) is 169 Å². The maximum Gasteiger partial charge on any atom is 0.124 e. The van der Waals surface area contributed by atoms with Crippen molar-refractivity contribution in [2.75, 3.05) is 0 Å². The largest absolute Gasteiger partial charge is 0.309 e. The zero-order valence-electron chi connectivity index (χ0n) is 27.3. The van der Waals surface area contributed by atoms with Gasteiger partial charge >= 0.3 is 0 Å². The highest BCUT2D eigenvalue weighted by molar-refractivity contribution is 7.21. The highest BCUT2D eigenvalue weighted by Gasteiger charge is 2.35. The van der Waals surface area contributed by atoms with Gasteiger partial charge in [-0.1, -0.05) is 129 Å². The van der Waals surface area contributed by atoms with Gasteiger partial charge in [0.25, 0.3) is 0 Å². The molecule has 0 N–H and O–H groups in total. The van der Waals surface area contributed by atoms with E-state index in [0.29, 0.717) is 0 Å². The van der Waals surface area contributed by atoms with E-state index >= 15 is 0 Å². The molecule has 2 heterocycles. The number of fused-ring (bicyclic) bond motifs is 7. The van der Waals surface area contributed by atoms with Crippen LogP contribution in [0.4, 0.5) is 0 Å². The fraction of sp³-hybridized carbons (Fsp3) is 0.0652. The summed E-state index contributed by atoms with van der Waals surface area (Å²) >= 11 is 1.74. The number of hydrogen-bond donors (Lipinski definition) is 0. The van der Waals surface area contributed by atoms with Crippen LogP contribution in [0.1, 0.15) is 25.0 Å². The van der Waals surface area contributed by atoms with E-state index in [1.165, 1.54) is 71.0 Å². The predicted molar refractivity (Wildman–Crippen MR) is 208 cm³/mol. The van der Waals surface area contributed by atoms with Gasteiger partial charge in [-0.3, -0.25) is 0 Å². The summed E-state index contributed by atoms with van der Waals surface area (Å²) in [5.74, 6) is 0. The van der Waals surface area contributed by atoms with Crippen molar-refractivity contribution in [1.29, 1.82) is 0 Å². The fourth-order valence-electron chi connectivity index (χ4n) is 8.00. The molecule has 0 unspecified atom stereocenters. The molecule has 1 aliphatic rings. The molecule has 1 aliphatic carbocycles. The van der Waals surface area contributed by atoms with Crippen LogP contribution in [0.15, 0.2) is 158 Å². The van der Waals surface area contributed by atoms with Crippen molar-refractivity contribution in [2.45, 2.75) is 19.3 Å². The Morgan fingerprint density at radius 1 is 0.510 bits per heavy atom. The summed E-state index contributed by atoms with van der Waals surface area (Å²) in [5.41, 5.74) is 16.2. The van der Waals surface area contributed by atoms with Crippen LogP contribution in [0.2, 0.25) is 0 Å². The molecule has 7 aromatic carbocycles. The second-order valence-corrected chi connectivity index (χ2v) is 14.6. The lowest BCUT2D eigenvalue weighted by Gasteiger charge is -2.22. The molecule has 0 bridgehead atoms. The Bertz CT molecular complexity index is 2700. The van der Waals surface area contributed by atoms with Crippen LogP contribution in [0.5, 0.6) is 0 Å². The standard InChI is InChI=1S/C46H32N2S/c1-46(2)39-16-7-6-13-35(39)36-25-23-32(28-40(36)46)31-24-26-42-38(27-31)37-15-10-14-34(44(37)48(42)33-11-4-3-5-12-33)29-19-21-30(22-20-29)45-47-41-17-8-9-18-43(41)49-45/h3-28H,1-2H3. The van der Waals surface area contributed by atoms with Gasteiger partial charge in [0.15, 0.2) is 0 Å². The van der Waals surface area contributed by atoms with Gasteiger partial charge in [-0.05, 0) is 81.4 Å². The highest BCUT2D eigenvalue weighted by atomic mass is 32.1. The minimum Gasteiger partial charge on any atom is -0.309 e. The Morgan fingerprint density at radius 2 is 1.18 bits per heavy atom. The lowest BCUT2D eigenvalue weighted by atomic mass is 9.81. The number of rotatable bonds is 4. The van der Waals surface area contributed by atoms with Crippen LogP contribution < -0.4 is 0 Å². The summed E-state index contributed by atoms with van der Waals surface area (Å²) < 4.78 is 3.65. The van der Waals surface area contributed by atoms with E-state index in [2.05, 4.69) is 176 Å². The lowest BCUT2D eigenvalue weighted by Crippen LogP contribution is -2.14. The first-order valence-corrected chi connectivity index (χ1v) is 17.7. The number of nitrogens with zero attached hydrogens (tertiary/aromatic N) is 2. The van der Waals surface area contributed by atoms with Crippen LogP contribution >= 0.6 is 11.3 Å². The first-order chi connectivity index (χ1) is 24.0. The average Bonchev–Trinajstić information content (AvgIpc) is 3.80. The molecule has 0 fully saturated rings. The molecule has 3 heteroatoms. The summed E-state index contributed by atoms with van der Waals surface area (Å²) in [6.07, 6.45) is 0. The minimum absolute atomic E-state index is 0.0349. The second-order valence-electron chi connectivity index (χ2n) is 13.6. The Kier molecular flexibility index (Phi) is 6.12. The van der Waals surface area contributed by atoms with Crippen LogP contribution in [-0.2, 0) is 5.41 Å². The van der Waals surface area contributed by atoms with Crippen molar-refractivity contribution in [1.82, 2.24) is 9.55 Å². The maximum atomic E-state index is 4.90. The van der Waals surface area contributed by atoms with E-state index in [-0.39, 0.29) is 5.41 Å². The molecule has 0 spiro atoms. The topological polar surface area (TPSA) is 17.8 Å². The average molecular weight is 645 g/mol. The Balaban J connectivity index is 1.13. The number of para-hydroxylation sites is 3. The van der Waals surface area contributed by atoms with E-state index in [9.17, 15) is 0 Å². The predicted octanol–water partition coefficient (Wildman–Crippen LogP) is 12.7. The monoisotopic (exact) mass is 644 g/mol. The van der Waals surface area contributed by atoms with Crippen molar-refractivity contribution in [3.63, 3.8) is 0 Å². The third-order valence-electron chi connectivity index (χ3n) is 10.5. The third-order valence-corrected chi connectivity index (χ3v) is 11.5. The first-order valence-electron chi connectivity index (χ1n) is 16.9. The van der Waals surface area contributed by atoms with Gasteiger partial charge in [0, 0.05) is 33.0 Å². The van der Waals surface area contributed by atoms with Crippen molar-refractivity contribution < 1.29 is 0 Å². The fourth-order valence-corrected chi connectivity index (χ4v) is 8.97. The maximum absolute atomic E-state index is 4.90. The molecule has 0 saturated heterocycles. The van der Waals surface area contributed by atoms with Crippen molar-refractivity contribution >= 4 is 43.4 Å². The molecular formula is C46H32N2S. The Labute approximate surface area is 289 Å². The van der Waals surface area contributed by atoms with Gasteiger partial charge in [0.2, 0.25) is 0 Å². The van der Waals surface area contributed by atoms with Gasteiger partial charge in [-0.15, -0.1) is 11.3 Å². The van der Waals surface area contributed by atoms with Crippen LogP contribution in [0.3, 0.4) is 0 Å². The Morgan fingerprint density at radius 3 is 2.04 bits per heavy atom. The van der Waals surface area contributed by atoms with Gasteiger partial charge in [-0.2, -0.15) is 0 Å². The minimum atomic E-state index is -0.0349. The smallest absolute Gasteiger partial charge is 0.124 e. The lowest BCUT2D eigenvalue weighted by molar-refractivity contribution is 0.660. The molecule has 49 heavy (non-hydrogen) atoms. The Hall–Kier alpha value is -5.77. The van der Waals surface area contributed by atoms with Crippen LogP contribution in [-0.4, -0.2) is 9.55 Å². The molecule has 0 aliphatic heterocycles. The van der Waals surface area contributed by atoms with Crippen LogP contribution in [0.25, 0.3) is 81.7 Å².